The van der Waals surface area contributed by atoms with Crippen molar-refractivity contribution < 1.29 is 0 Å². The maximum Gasteiger partial charge on any atom is 0.0390 e. The van der Waals surface area contributed by atoms with Crippen molar-refractivity contribution >= 4 is 0 Å². The minimum absolute atomic E-state index is 1.40. The summed E-state index contributed by atoms with van der Waals surface area (Å²) in [5.41, 5.74) is 7.30. The Kier molecular flexibility index (Phi) is 3.74. The van der Waals surface area contributed by atoms with Crippen molar-refractivity contribution in [3.05, 3.63) is 29.8 Å². The predicted octanol–water partition coefficient (Wildman–Crippen LogP) is 1.27. The standard InChI is InChI=1S/C7H4/c1-3-5-7-6-4-2/h1,5H,2H2. The van der Waals surface area contributed by atoms with Crippen molar-refractivity contribution in [2.45, 2.75) is 0 Å². The number of rotatable bonds is 0. The molecule has 0 unspecified atom stereocenters. The number of allylic oxidation sites excluding steroid dienone is 1. The monoisotopic (exact) mass is 88.0 g/mol. The lowest BCUT2D eigenvalue weighted by molar-refractivity contribution is 2.17. The van der Waals surface area contributed by atoms with Crippen molar-refractivity contribution in [2.75, 3.05) is 0 Å². The predicted molar refractivity (Wildman–Crippen MR) is 29.6 cm³/mol. The first-order chi connectivity index (χ1) is 3.41. The van der Waals surface area contributed by atoms with Crippen LogP contribution >= 0.6 is 0 Å². The van der Waals surface area contributed by atoms with Crippen molar-refractivity contribution in [2.24, 2.45) is 0 Å². The molecule has 0 aliphatic heterocycles. The van der Waals surface area contributed by atoms with Gasteiger partial charge in [0.2, 0.25) is 0 Å². The molecule has 0 rings (SSSR count). The molecule has 0 atom stereocenters. The molecule has 0 fully saturated rings. The van der Waals surface area contributed by atoms with E-state index < -0.39 is 0 Å². The molecule has 32 valence electrons. The number of terminal acetylenes is 1. The van der Waals surface area contributed by atoms with Gasteiger partial charge < -0.3 is 0 Å². The van der Waals surface area contributed by atoms with Gasteiger partial charge in [-0.15, -0.1) is 6.42 Å². The van der Waals surface area contributed by atoms with Crippen molar-refractivity contribution in [3.63, 3.8) is 0 Å². The average Bonchev–Trinajstić information content (AvgIpc) is 1.69. The first-order valence-electron chi connectivity index (χ1n) is 1.72. The lowest BCUT2D eigenvalue weighted by Crippen LogP contribution is -1.31. The minimum atomic E-state index is 1.40. The molecule has 0 amide bonds. The molecule has 0 aromatic rings. The molecule has 0 aromatic carbocycles. The molecule has 0 saturated heterocycles. The highest BCUT2D eigenvalue weighted by molar-refractivity contribution is 5.07. The molecule has 7 heavy (non-hydrogen) atoms. The maximum atomic E-state index is 4.81. The van der Waals surface area contributed by atoms with Gasteiger partial charge in [-0.05, 0) is 12.3 Å². The molecule has 0 saturated carbocycles. The summed E-state index contributed by atoms with van der Waals surface area (Å²) in [6, 6.07) is 0. The Labute approximate surface area is 43.2 Å². The lowest BCUT2D eigenvalue weighted by atomic mass is 10.6. The third kappa shape index (κ3) is 4.64. The normalized spacial score (nSPS) is 3.86. The summed E-state index contributed by atoms with van der Waals surface area (Å²) in [6.07, 6.45) is 6.21. The minimum Gasteiger partial charge on any atom is -0.115 e. The molecule has 0 spiro atoms. The van der Waals surface area contributed by atoms with Crippen LogP contribution in [0.4, 0.5) is 0 Å². The van der Waals surface area contributed by atoms with Crippen LogP contribution in [0.3, 0.4) is 0 Å². The lowest BCUT2D eigenvalue weighted by Gasteiger charge is -1.44. The molecule has 0 bridgehead atoms. The second kappa shape index (κ2) is 4.64. The van der Waals surface area contributed by atoms with Gasteiger partial charge in [-0.3, -0.25) is 0 Å². The number of hydrogen-bond acceptors (Lipinski definition) is 0. The van der Waals surface area contributed by atoms with Crippen LogP contribution in [-0.4, -0.2) is 0 Å². The average molecular weight is 88.1 g/mol. The first-order valence-corrected chi connectivity index (χ1v) is 1.72. The molecule has 0 aliphatic carbocycles. The van der Waals surface area contributed by atoms with Crippen LogP contribution in [0.2, 0.25) is 0 Å². The topological polar surface area (TPSA) is 0 Å². The Bertz CT molecular complexity index is 185. The molecule has 0 heteroatoms. The van der Waals surface area contributed by atoms with E-state index in [1.54, 1.807) is 0 Å². The second-order valence-corrected chi connectivity index (χ2v) is 0.757. The third-order valence-corrected chi connectivity index (χ3v) is 0.316. The molecule has 0 N–H and O–H groups in total. The zero-order valence-corrected chi connectivity index (χ0v) is 3.86. The maximum absolute atomic E-state index is 4.81. The summed E-state index contributed by atoms with van der Waals surface area (Å²) in [4.78, 5) is 0. The highest BCUT2D eigenvalue weighted by Crippen LogP contribution is 1.54. The van der Waals surface area contributed by atoms with Crippen molar-refractivity contribution in [1.82, 2.24) is 0 Å². The Morgan fingerprint density at radius 3 is 2.71 bits per heavy atom. The summed E-state index contributed by atoms with van der Waals surface area (Å²) in [5, 5.41) is 0. The van der Waals surface area contributed by atoms with E-state index >= 15 is 0 Å². The van der Waals surface area contributed by atoms with Crippen molar-refractivity contribution in [1.29, 1.82) is 0 Å². The van der Waals surface area contributed by atoms with E-state index in [4.69, 9.17) is 6.42 Å². The van der Waals surface area contributed by atoms with Crippen LogP contribution in [0.15, 0.2) is 29.8 Å². The molecular weight excluding hydrogens is 84.1 g/mol. The zero-order chi connectivity index (χ0) is 5.54. The van der Waals surface area contributed by atoms with Crippen LogP contribution in [0.25, 0.3) is 0 Å². The van der Waals surface area contributed by atoms with Gasteiger partial charge in [0.1, 0.15) is 0 Å². The highest BCUT2D eigenvalue weighted by Gasteiger charge is 1.39. The highest BCUT2D eigenvalue weighted by atomic mass is 13.4. The Morgan fingerprint density at radius 1 is 1.57 bits per heavy atom. The van der Waals surface area contributed by atoms with Gasteiger partial charge in [0.05, 0.1) is 0 Å². The molecule has 0 aromatic heterocycles. The van der Waals surface area contributed by atoms with E-state index in [1.807, 2.05) is 0 Å². The molecular formula is C7H4. The second-order valence-electron chi connectivity index (χ2n) is 0.757. The summed E-state index contributed by atoms with van der Waals surface area (Å²) < 4.78 is 0. The third-order valence-electron chi connectivity index (χ3n) is 0.316. The van der Waals surface area contributed by atoms with Crippen LogP contribution in [-0.2, 0) is 0 Å². The fourth-order valence-electron chi connectivity index (χ4n) is 0.129. The fourth-order valence-corrected chi connectivity index (χ4v) is 0.129. The quantitative estimate of drug-likeness (QED) is 0.309. The van der Waals surface area contributed by atoms with Crippen LogP contribution in [0.1, 0.15) is 0 Å². The van der Waals surface area contributed by atoms with Gasteiger partial charge in [0, 0.05) is 6.08 Å². The Hall–Kier alpha value is -1.36. The van der Waals surface area contributed by atoms with Gasteiger partial charge in [0.15, 0.2) is 0 Å². The van der Waals surface area contributed by atoms with E-state index in [-0.39, 0.29) is 0 Å². The first kappa shape index (κ1) is 5.64. The molecule has 0 radical (unpaired) electrons. The summed E-state index contributed by atoms with van der Waals surface area (Å²) in [6.45, 7) is 3.25. The van der Waals surface area contributed by atoms with E-state index in [0.717, 1.165) is 0 Å². The van der Waals surface area contributed by atoms with Gasteiger partial charge >= 0.3 is 0 Å². The van der Waals surface area contributed by atoms with Gasteiger partial charge in [-0.1, -0.05) is 17.4 Å². The molecule has 0 nitrogen and oxygen atoms in total. The van der Waals surface area contributed by atoms with Gasteiger partial charge in [-0.2, -0.15) is 0 Å². The summed E-state index contributed by atoms with van der Waals surface area (Å²) in [5.74, 6) is 2.24. The van der Waals surface area contributed by atoms with E-state index in [2.05, 4.69) is 29.7 Å². The smallest absolute Gasteiger partial charge is 0.0390 e. The SMILES string of the molecule is C#CC=C=C=C=C. The van der Waals surface area contributed by atoms with E-state index in [0.29, 0.717) is 0 Å². The van der Waals surface area contributed by atoms with Crippen LogP contribution in [0.5, 0.6) is 0 Å². The van der Waals surface area contributed by atoms with E-state index in [9.17, 15) is 0 Å². The summed E-state index contributed by atoms with van der Waals surface area (Å²) in [7, 11) is 0. The van der Waals surface area contributed by atoms with Crippen molar-refractivity contribution in [3.8, 4) is 12.3 Å². The molecule has 0 heterocycles. The Morgan fingerprint density at radius 2 is 2.29 bits per heavy atom. The largest absolute Gasteiger partial charge is 0.115 e. The Balaban J connectivity index is 4.27. The fraction of sp³-hybridized carbons (Fsp3) is 0. The van der Waals surface area contributed by atoms with Crippen LogP contribution < -0.4 is 0 Å². The van der Waals surface area contributed by atoms with Crippen LogP contribution in [0, 0.1) is 12.3 Å². The zero-order valence-electron chi connectivity index (χ0n) is 3.86. The van der Waals surface area contributed by atoms with Gasteiger partial charge in [-0.25, -0.2) is 0 Å². The number of hydrogen-bond donors (Lipinski definition) is 0. The summed E-state index contributed by atoms with van der Waals surface area (Å²) >= 11 is 0. The van der Waals surface area contributed by atoms with E-state index in [1.165, 1.54) is 6.08 Å². The van der Waals surface area contributed by atoms with Gasteiger partial charge in [0.25, 0.3) is 0 Å². The molecule has 0 aliphatic rings.